The molecule has 2 N–H and O–H groups in total. The molecular weight excluding hydrogens is 198 g/mol. The minimum Gasteiger partial charge on any atom is -0.497 e. The number of ether oxygens (including phenoxy) is 1. The van der Waals surface area contributed by atoms with E-state index in [9.17, 15) is 0 Å². The molecule has 3 atom stereocenters. The Morgan fingerprint density at radius 2 is 2.19 bits per heavy atom. The van der Waals surface area contributed by atoms with Gasteiger partial charge in [-0.1, -0.05) is 19.1 Å². The maximum atomic E-state index is 6.05. The van der Waals surface area contributed by atoms with Gasteiger partial charge in [0.25, 0.3) is 0 Å². The highest BCUT2D eigenvalue weighted by Gasteiger charge is 2.29. The van der Waals surface area contributed by atoms with E-state index in [1.165, 1.54) is 18.4 Å². The molecule has 0 aliphatic heterocycles. The SMILES string of the molecule is COc1cccc(CC2CCC(N)C2C)c1. The van der Waals surface area contributed by atoms with Crippen LogP contribution < -0.4 is 10.5 Å². The van der Waals surface area contributed by atoms with Gasteiger partial charge in [0.2, 0.25) is 0 Å². The van der Waals surface area contributed by atoms with Gasteiger partial charge in [-0.25, -0.2) is 0 Å². The minimum absolute atomic E-state index is 0.399. The largest absolute Gasteiger partial charge is 0.497 e. The Balaban J connectivity index is 2.03. The Labute approximate surface area is 97.8 Å². The molecule has 1 aromatic rings. The van der Waals surface area contributed by atoms with E-state index in [4.69, 9.17) is 10.5 Å². The first-order valence-electron chi connectivity index (χ1n) is 6.09. The van der Waals surface area contributed by atoms with Crippen LogP contribution in [0.3, 0.4) is 0 Å². The quantitative estimate of drug-likeness (QED) is 0.848. The normalized spacial score (nSPS) is 29.3. The zero-order valence-corrected chi connectivity index (χ0v) is 10.1. The lowest BCUT2D eigenvalue weighted by molar-refractivity contribution is 0.388. The summed E-state index contributed by atoms with van der Waals surface area (Å²) >= 11 is 0. The van der Waals surface area contributed by atoms with Crippen LogP contribution in [0.15, 0.2) is 24.3 Å². The van der Waals surface area contributed by atoms with Crippen molar-refractivity contribution in [1.82, 2.24) is 0 Å². The zero-order chi connectivity index (χ0) is 11.5. The summed E-state index contributed by atoms with van der Waals surface area (Å²) in [6, 6.07) is 8.77. The molecular formula is C14H21NO. The molecule has 2 heteroatoms. The standard InChI is InChI=1S/C14H21NO/c1-10-12(6-7-14(10)15)8-11-4-3-5-13(9-11)16-2/h3-5,9-10,12,14H,6-8,15H2,1-2H3. The maximum Gasteiger partial charge on any atom is 0.119 e. The van der Waals surface area contributed by atoms with Crippen molar-refractivity contribution in [1.29, 1.82) is 0 Å². The van der Waals surface area contributed by atoms with Crippen molar-refractivity contribution in [2.45, 2.75) is 32.2 Å². The van der Waals surface area contributed by atoms with E-state index in [1.54, 1.807) is 7.11 Å². The van der Waals surface area contributed by atoms with E-state index in [2.05, 4.69) is 25.1 Å². The van der Waals surface area contributed by atoms with Gasteiger partial charge in [-0.2, -0.15) is 0 Å². The van der Waals surface area contributed by atoms with Gasteiger partial charge >= 0.3 is 0 Å². The van der Waals surface area contributed by atoms with Crippen LogP contribution in [0.1, 0.15) is 25.3 Å². The molecule has 1 fully saturated rings. The average molecular weight is 219 g/mol. The molecule has 16 heavy (non-hydrogen) atoms. The number of rotatable bonds is 3. The number of methoxy groups -OCH3 is 1. The van der Waals surface area contributed by atoms with Crippen molar-refractivity contribution in [3.8, 4) is 5.75 Å². The molecule has 2 nitrogen and oxygen atoms in total. The second-order valence-electron chi connectivity index (χ2n) is 4.92. The number of hydrogen-bond acceptors (Lipinski definition) is 2. The predicted octanol–water partition coefficient (Wildman–Crippen LogP) is 2.61. The first-order chi connectivity index (χ1) is 7.70. The van der Waals surface area contributed by atoms with Crippen LogP contribution in [0.25, 0.3) is 0 Å². The third-order valence-electron chi connectivity index (χ3n) is 3.92. The van der Waals surface area contributed by atoms with E-state index in [0.717, 1.165) is 18.1 Å². The van der Waals surface area contributed by atoms with Crippen LogP contribution in [0.5, 0.6) is 5.75 Å². The topological polar surface area (TPSA) is 35.2 Å². The summed E-state index contributed by atoms with van der Waals surface area (Å²) in [6.45, 7) is 2.28. The highest BCUT2D eigenvalue weighted by Crippen LogP contribution is 2.33. The molecule has 3 unspecified atom stereocenters. The Bertz CT molecular complexity index is 350. The smallest absolute Gasteiger partial charge is 0.119 e. The van der Waals surface area contributed by atoms with Gasteiger partial charge in [0, 0.05) is 6.04 Å². The van der Waals surface area contributed by atoms with Crippen molar-refractivity contribution < 1.29 is 4.74 Å². The first-order valence-corrected chi connectivity index (χ1v) is 6.09. The number of hydrogen-bond donors (Lipinski definition) is 1. The van der Waals surface area contributed by atoms with Gasteiger partial charge in [-0.3, -0.25) is 0 Å². The third kappa shape index (κ3) is 2.38. The monoisotopic (exact) mass is 219 g/mol. The lowest BCUT2D eigenvalue weighted by Crippen LogP contribution is -2.25. The van der Waals surface area contributed by atoms with Crippen LogP contribution in [-0.4, -0.2) is 13.2 Å². The summed E-state index contributed by atoms with van der Waals surface area (Å²) in [5.74, 6) is 2.33. The minimum atomic E-state index is 0.399. The highest BCUT2D eigenvalue weighted by molar-refractivity contribution is 5.28. The van der Waals surface area contributed by atoms with Gasteiger partial charge < -0.3 is 10.5 Å². The molecule has 1 aromatic carbocycles. The van der Waals surface area contributed by atoms with E-state index in [0.29, 0.717) is 12.0 Å². The fourth-order valence-electron chi connectivity index (χ4n) is 2.67. The summed E-state index contributed by atoms with van der Waals surface area (Å²) in [4.78, 5) is 0. The van der Waals surface area contributed by atoms with Crippen molar-refractivity contribution in [3.63, 3.8) is 0 Å². The van der Waals surface area contributed by atoms with Gasteiger partial charge in [0.05, 0.1) is 7.11 Å². The van der Waals surface area contributed by atoms with Gasteiger partial charge in [0.15, 0.2) is 0 Å². The van der Waals surface area contributed by atoms with E-state index in [1.807, 2.05) is 6.07 Å². The molecule has 88 valence electrons. The predicted molar refractivity (Wildman–Crippen MR) is 66.6 cm³/mol. The zero-order valence-electron chi connectivity index (χ0n) is 10.1. The summed E-state index contributed by atoms with van der Waals surface area (Å²) in [5.41, 5.74) is 7.42. The molecule has 1 aliphatic rings. The van der Waals surface area contributed by atoms with Crippen molar-refractivity contribution >= 4 is 0 Å². The summed E-state index contributed by atoms with van der Waals surface area (Å²) in [6.07, 6.45) is 3.57. The molecule has 2 rings (SSSR count). The summed E-state index contributed by atoms with van der Waals surface area (Å²) in [7, 11) is 1.72. The second kappa shape index (κ2) is 4.88. The molecule has 0 spiro atoms. The maximum absolute atomic E-state index is 6.05. The molecule has 0 heterocycles. The first kappa shape index (κ1) is 11.5. The Hall–Kier alpha value is -1.02. The number of nitrogens with two attached hydrogens (primary N) is 1. The Kier molecular flexibility index (Phi) is 3.49. The molecule has 0 radical (unpaired) electrons. The Morgan fingerprint density at radius 3 is 2.81 bits per heavy atom. The second-order valence-corrected chi connectivity index (χ2v) is 4.92. The van der Waals surface area contributed by atoms with Crippen molar-refractivity contribution in [2.24, 2.45) is 17.6 Å². The summed E-state index contributed by atoms with van der Waals surface area (Å²) < 4.78 is 5.24. The van der Waals surface area contributed by atoms with E-state index < -0.39 is 0 Å². The molecule has 0 amide bonds. The van der Waals surface area contributed by atoms with Gasteiger partial charge in [-0.05, 0) is 48.8 Å². The van der Waals surface area contributed by atoms with Crippen molar-refractivity contribution in [2.75, 3.05) is 7.11 Å². The van der Waals surface area contributed by atoms with Crippen LogP contribution in [-0.2, 0) is 6.42 Å². The number of benzene rings is 1. The lowest BCUT2D eigenvalue weighted by atomic mass is 9.90. The molecule has 0 saturated heterocycles. The van der Waals surface area contributed by atoms with Crippen molar-refractivity contribution in [3.05, 3.63) is 29.8 Å². The molecule has 0 aromatic heterocycles. The lowest BCUT2D eigenvalue weighted by Gasteiger charge is -2.18. The van der Waals surface area contributed by atoms with Crippen LogP contribution in [0, 0.1) is 11.8 Å². The molecule has 1 aliphatic carbocycles. The highest BCUT2D eigenvalue weighted by atomic mass is 16.5. The van der Waals surface area contributed by atoms with Gasteiger partial charge in [0.1, 0.15) is 5.75 Å². The third-order valence-corrected chi connectivity index (χ3v) is 3.92. The van der Waals surface area contributed by atoms with Crippen LogP contribution in [0.4, 0.5) is 0 Å². The van der Waals surface area contributed by atoms with Gasteiger partial charge in [-0.15, -0.1) is 0 Å². The van der Waals surface area contributed by atoms with E-state index in [-0.39, 0.29) is 0 Å². The Morgan fingerprint density at radius 1 is 1.38 bits per heavy atom. The average Bonchev–Trinajstić information content (AvgIpc) is 2.61. The molecule has 1 saturated carbocycles. The fourth-order valence-corrected chi connectivity index (χ4v) is 2.67. The van der Waals surface area contributed by atoms with E-state index >= 15 is 0 Å². The molecule has 0 bridgehead atoms. The van der Waals surface area contributed by atoms with Crippen LogP contribution in [0.2, 0.25) is 0 Å². The summed E-state index contributed by atoms with van der Waals surface area (Å²) in [5, 5.41) is 0. The van der Waals surface area contributed by atoms with Crippen LogP contribution >= 0.6 is 0 Å². The fraction of sp³-hybridized carbons (Fsp3) is 0.571.